The third-order valence-electron chi connectivity index (χ3n) is 3.35. The Bertz CT molecular complexity index is 750. The van der Waals surface area contributed by atoms with Crippen LogP contribution in [0.25, 0.3) is 0 Å². The van der Waals surface area contributed by atoms with Crippen molar-refractivity contribution in [3.8, 4) is 0 Å². The Kier molecular flexibility index (Phi) is 5.52. The van der Waals surface area contributed by atoms with Crippen molar-refractivity contribution in [2.75, 3.05) is 0 Å². The maximum atomic E-state index is 12.9. The molecule has 2 aromatic carbocycles. The molecule has 0 saturated heterocycles. The number of carbonyl (C=O) groups is 1. The van der Waals surface area contributed by atoms with Crippen molar-refractivity contribution in [1.29, 1.82) is 0 Å². The highest BCUT2D eigenvalue weighted by Gasteiger charge is 2.36. The van der Waals surface area contributed by atoms with Gasteiger partial charge in [-0.25, -0.2) is 0 Å². The van der Waals surface area contributed by atoms with Crippen molar-refractivity contribution in [3.63, 3.8) is 0 Å². The van der Waals surface area contributed by atoms with Crippen molar-refractivity contribution in [1.82, 2.24) is 0 Å². The molecule has 2 aromatic rings. The molecule has 0 radical (unpaired) electrons. The second-order valence-corrected chi connectivity index (χ2v) is 5.22. The van der Waals surface area contributed by atoms with E-state index in [9.17, 15) is 31.1 Å². The van der Waals surface area contributed by atoms with Gasteiger partial charge in [0, 0.05) is 5.56 Å². The number of ether oxygens (including phenoxy) is 1. The Labute approximate surface area is 139 Å². The molecule has 0 atom stereocenters. The molecule has 0 aromatic heterocycles. The number of halogens is 6. The van der Waals surface area contributed by atoms with Crippen molar-refractivity contribution >= 4 is 6.29 Å². The summed E-state index contributed by atoms with van der Waals surface area (Å²) in [5, 5.41) is 0. The van der Waals surface area contributed by atoms with Gasteiger partial charge in [-0.3, -0.25) is 4.79 Å². The lowest BCUT2D eigenvalue weighted by Gasteiger charge is -2.16. The summed E-state index contributed by atoms with van der Waals surface area (Å²) in [4.78, 5) is 10.7. The highest BCUT2D eigenvalue weighted by molar-refractivity contribution is 5.74. The van der Waals surface area contributed by atoms with E-state index in [1.165, 1.54) is 12.1 Å². The van der Waals surface area contributed by atoms with Gasteiger partial charge in [0.2, 0.25) is 0 Å². The molecule has 0 heterocycles. The fourth-order valence-electron chi connectivity index (χ4n) is 2.20. The lowest BCUT2D eigenvalue weighted by Crippen LogP contribution is -2.13. The average molecular weight is 362 g/mol. The van der Waals surface area contributed by atoms with E-state index >= 15 is 0 Å². The summed E-state index contributed by atoms with van der Waals surface area (Å²) in [5.74, 6) is 0. The predicted molar refractivity (Wildman–Crippen MR) is 76.8 cm³/mol. The van der Waals surface area contributed by atoms with Crippen LogP contribution in [0.2, 0.25) is 0 Å². The van der Waals surface area contributed by atoms with Gasteiger partial charge in [0.05, 0.1) is 24.3 Å². The smallest absolute Gasteiger partial charge is 0.372 e. The second kappa shape index (κ2) is 7.26. The Morgan fingerprint density at radius 2 is 1.60 bits per heavy atom. The van der Waals surface area contributed by atoms with E-state index in [-0.39, 0.29) is 6.61 Å². The molecule has 0 amide bonds. The standard InChI is InChI=1S/C17H12F6O2/c18-16(19,20)14-4-5-15(17(21,22)23)13(7-14)10-25-9-12-3-1-2-11(6-12)8-24/h1-8H,9-10H2. The maximum Gasteiger partial charge on any atom is 0.416 e. The lowest BCUT2D eigenvalue weighted by molar-refractivity contribution is -0.142. The molecule has 0 aliphatic heterocycles. The molecule has 0 aliphatic carbocycles. The first-order valence-corrected chi connectivity index (χ1v) is 7.00. The van der Waals surface area contributed by atoms with Crippen LogP contribution in [0.4, 0.5) is 26.3 Å². The van der Waals surface area contributed by atoms with Crippen LogP contribution in [0, 0.1) is 0 Å². The fourth-order valence-corrected chi connectivity index (χ4v) is 2.20. The zero-order valence-electron chi connectivity index (χ0n) is 12.6. The summed E-state index contributed by atoms with van der Waals surface area (Å²) in [6.07, 6.45) is -8.95. The van der Waals surface area contributed by atoms with E-state index in [1.807, 2.05) is 0 Å². The Morgan fingerprint density at radius 1 is 0.880 bits per heavy atom. The fraction of sp³-hybridized carbons (Fsp3) is 0.235. The number of hydrogen-bond acceptors (Lipinski definition) is 2. The third kappa shape index (κ3) is 5.06. The number of carbonyl (C=O) groups excluding carboxylic acids is 1. The van der Waals surface area contributed by atoms with Gasteiger partial charge >= 0.3 is 12.4 Å². The summed E-state index contributed by atoms with van der Waals surface area (Å²) < 4.78 is 82.1. The Hall–Kier alpha value is -2.35. The number of aldehydes is 1. The first-order chi connectivity index (χ1) is 11.6. The Balaban J connectivity index is 2.19. The van der Waals surface area contributed by atoms with Crippen molar-refractivity contribution in [3.05, 3.63) is 70.3 Å². The minimum absolute atomic E-state index is 0.144. The monoisotopic (exact) mass is 362 g/mol. The molecule has 2 nitrogen and oxygen atoms in total. The van der Waals surface area contributed by atoms with Gasteiger partial charge in [0.25, 0.3) is 0 Å². The molecular formula is C17H12F6O2. The lowest BCUT2D eigenvalue weighted by atomic mass is 10.0. The highest BCUT2D eigenvalue weighted by atomic mass is 19.4. The van der Waals surface area contributed by atoms with Gasteiger partial charge in [-0.05, 0) is 35.4 Å². The van der Waals surface area contributed by atoms with E-state index in [4.69, 9.17) is 4.74 Å². The molecule has 0 aliphatic rings. The quantitative estimate of drug-likeness (QED) is 0.536. The second-order valence-electron chi connectivity index (χ2n) is 5.22. The van der Waals surface area contributed by atoms with Gasteiger partial charge in [-0.15, -0.1) is 0 Å². The van der Waals surface area contributed by atoms with Crippen LogP contribution < -0.4 is 0 Å². The van der Waals surface area contributed by atoms with Crippen molar-refractivity contribution in [2.45, 2.75) is 25.6 Å². The molecule has 25 heavy (non-hydrogen) atoms. The van der Waals surface area contributed by atoms with Gasteiger partial charge in [-0.2, -0.15) is 26.3 Å². The van der Waals surface area contributed by atoms with Crippen LogP contribution >= 0.6 is 0 Å². The summed E-state index contributed by atoms with van der Waals surface area (Å²) in [7, 11) is 0. The van der Waals surface area contributed by atoms with E-state index in [0.717, 1.165) is 0 Å². The van der Waals surface area contributed by atoms with Crippen LogP contribution in [-0.4, -0.2) is 6.29 Å². The molecule has 0 N–H and O–H groups in total. The number of alkyl halides is 6. The topological polar surface area (TPSA) is 26.3 Å². The zero-order chi connectivity index (χ0) is 18.7. The van der Waals surface area contributed by atoms with Gasteiger partial charge in [0.1, 0.15) is 6.29 Å². The first-order valence-electron chi connectivity index (χ1n) is 7.00. The molecule has 8 heteroatoms. The number of hydrogen-bond donors (Lipinski definition) is 0. The summed E-state index contributed by atoms with van der Waals surface area (Å²) in [6.45, 7) is -0.792. The van der Waals surface area contributed by atoms with Crippen molar-refractivity contribution in [2.24, 2.45) is 0 Å². The zero-order valence-corrected chi connectivity index (χ0v) is 12.6. The highest BCUT2D eigenvalue weighted by Crippen LogP contribution is 2.36. The minimum Gasteiger partial charge on any atom is -0.372 e. The van der Waals surface area contributed by atoms with Gasteiger partial charge < -0.3 is 4.74 Å². The normalized spacial score (nSPS) is 12.2. The third-order valence-corrected chi connectivity index (χ3v) is 3.35. The number of rotatable bonds is 5. The molecule has 0 fully saturated rings. The minimum atomic E-state index is -4.79. The average Bonchev–Trinajstić information content (AvgIpc) is 2.53. The predicted octanol–water partition coefficient (Wildman–Crippen LogP) is 5.25. The van der Waals surface area contributed by atoms with E-state index in [0.29, 0.717) is 35.6 Å². The van der Waals surface area contributed by atoms with E-state index < -0.39 is 35.6 Å². The molecule has 0 bridgehead atoms. The van der Waals surface area contributed by atoms with Crippen LogP contribution in [0.15, 0.2) is 42.5 Å². The molecule has 0 unspecified atom stereocenters. The molecule has 134 valence electrons. The van der Waals surface area contributed by atoms with Gasteiger partial charge in [0.15, 0.2) is 0 Å². The first kappa shape index (κ1) is 19.0. The Morgan fingerprint density at radius 3 is 2.20 bits per heavy atom. The van der Waals surface area contributed by atoms with E-state index in [2.05, 4.69) is 0 Å². The summed E-state index contributed by atoms with van der Waals surface area (Å²) in [6, 6.07) is 7.38. The van der Waals surface area contributed by atoms with Crippen molar-refractivity contribution < 1.29 is 35.9 Å². The van der Waals surface area contributed by atoms with Crippen LogP contribution in [0.3, 0.4) is 0 Å². The maximum absolute atomic E-state index is 12.9. The molecule has 0 spiro atoms. The van der Waals surface area contributed by atoms with E-state index in [1.54, 1.807) is 12.1 Å². The largest absolute Gasteiger partial charge is 0.416 e. The SMILES string of the molecule is O=Cc1cccc(COCc2cc(C(F)(F)F)ccc2C(F)(F)F)c1. The van der Waals surface area contributed by atoms with Gasteiger partial charge in [-0.1, -0.05) is 18.2 Å². The number of benzene rings is 2. The molecule has 2 rings (SSSR count). The summed E-state index contributed by atoms with van der Waals surface area (Å²) >= 11 is 0. The van der Waals surface area contributed by atoms with Crippen LogP contribution in [0.5, 0.6) is 0 Å². The molecular weight excluding hydrogens is 350 g/mol. The molecule has 0 saturated carbocycles. The van der Waals surface area contributed by atoms with Crippen LogP contribution in [0.1, 0.15) is 32.6 Å². The summed E-state index contributed by atoms with van der Waals surface area (Å²) in [5.41, 5.74) is -2.08. The van der Waals surface area contributed by atoms with Crippen LogP contribution in [-0.2, 0) is 30.3 Å².